The molecule has 0 bridgehead atoms. The van der Waals surface area contributed by atoms with Crippen LogP contribution in [0.15, 0.2) is 0 Å². The SMILES string of the molecule is CCCCCCCC(C)(CCC)C(=O)O.[Na+].[OH-]. The van der Waals surface area contributed by atoms with Crippen molar-refractivity contribution in [3.8, 4) is 0 Å². The normalized spacial score (nSPS) is 13.1. The number of carbonyl (C=O) groups is 1. The molecule has 0 saturated heterocycles. The van der Waals surface area contributed by atoms with E-state index in [9.17, 15) is 4.79 Å². The maximum absolute atomic E-state index is 11.1. The molecule has 4 heteroatoms. The Hall–Kier alpha value is 0.430. The fraction of sp³-hybridized carbons (Fsp3) is 0.923. The Labute approximate surface area is 128 Å². The fourth-order valence-corrected chi connectivity index (χ4v) is 2.01. The smallest absolute Gasteiger partial charge is 0.870 e. The maximum atomic E-state index is 11.1. The van der Waals surface area contributed by atoms with Gasteiger partial charge in [0.25, 0.3) is 0 Å². The van der Waals surface area contributed by atoms with Crippen LogP contribution in [0.2, 0.25) is 0 Å². The predicted molar refractivity (Wildman–Crippen MR) is 66.0 cm³/mol. The zero-order valence-electron chi connectivity index (χ0n) is 12.0. The van der Waals surface area contributed by atoms with E-state index in [1.165, 1.54) is 25.7 Å². The minimum absolute atomic E-state index is 0. The Morgan fingerprint density at radius 2 is 1.53 bits per heavy atom. The molecule has 1 atom stereocenters. The van der Waals surface area contributed by atoms with Crippen LogP contribution >= 0.6 is 0 Å². The summed E-state index contributed by atoms with van der Waals surface area (Å²) in [6.45, 7) is 6.13. The number of aliphatic carboxylic acids is 1. The molecule has 0 amide bonds. The van der Waals surface area contributed by atoms with Gasteiger partial charge in [-0.15, -0.1) is 0 Å². The molecule has 0 aliphatic carbocycles. The predicted octanol–water partition coefficient (Wildman–Crippen LogP) is 1.07. The third kappa shape index (κ3) is 10.1. The molecule has 0 aromatic carbocycles. The van der Waals surface area contributed by atoms with Crippen molar-refractivity contribution in [1.82, 2.24) is 0 Å². The zero-order valence-corrected chi connectivity index (χ0v) is 14.0. The summed E-state index contributed by atoms with van der Waals surface area (Å²) >= 11 is 0. The van der Waals surface area contributed by atoms with Crippen LogP contribution < -0.4 is 29.6 Å². The van der Waals surface area contributed by atoms with Crippen molar-refractivity contribution in [2.75, 3.05) is 0 Å². The van der Waals surface area contributed by atoms with E-state index >= 15 is 0 Å². The number of unbranched alkanes of at least 4 members (excludes halogenated alkanes) is 4. The standard InChI is InChI=1S/C13H26O2.Na.H2O/c1-4-6-7-8-9-11-13(3,10-5-2)12(14)15;;/h4-11H2,1-3H3,(H,14,15);;1H2/q;+1;/p-1. The Bertz CT molecular complexity index is 186. The third-order valence-electron chi connectivity index (χ3n) is 3.15. The topological polar surface area (TPSA) is 67.3 Å². The first-order chi connectivity index (χ1) is 7.06. The molecular weight excluding hydrogens is 227 g/mol. The largest absolute Gasteiger partial charge is 1.00 e. The van der Waals surface area contributed by atoms with Crippen LogP contribution in [-0.2, 0) is 4.79 Å². The van der Waals surface area contributed by atoms with E-state index < -0.39 is 11.4 Å². The summed E-state index contributed by atoms with van der Waals surface area (Å²) in [7, 11) is 0. The van der Waals surface area contributed by atoms with Crippen LogP contribution in [0.3, 0.4) is 0 Å². The monoisotopic (exact) mass is 254 g/mol. The summed E-state index contributed by atoms with van der Waals surface area (Å²) < 4.78 is 0. The van der Waals surface area contributed by atoms with Crippen LogP contribution in [0.1, 0.15) is 72.1 Å². The molecule has 1 unspecified atom stereocenters. The Balaban J connectivity index is -0.000000980. The van der Waals surface area contributed by atoms with Crippen LogP contribution in [-0.4, -0.2) is 16.6 Å². The molecule has 0 aromatic rings. The van der Waals surface area contributed by atoms with Crippen molar-refractivity contribution in [2.45, 2.75) is 72.1 Å². The van der Waals surface area contributed by atoms with Gasteiger partial charge >= 0.3 is 35.5 Å². The molecule has 0 fully saturated rings. The molecule has 98 valence electrons. The molecule has 17 heavy (non-hydrogen) atoms. The number of carboxylic acid groups (broad SMARTS) is 1. The van der Waals surface area contributed by atoms with Crippen LogP contribution in [0.25, 0.3) is 0 Å². The first-order valence-electron chi connectivity index (χ1n) is 6.30. The van der Waals surface area contributed by atoms with E-state index in [-0.39, 0.29) is 35.0 Å². The molecule has 0 saturated carbocycles. The van der Waals surface area contributed by atoms with Gasteiger partial charge in [0.1, 0.15) is 0 Å². The first-order valence-corrected chi connectivity index (χ1v) is 6.30. The number of hydrogen-bond donors (Lipinski definition) is 1. The van der Waals surface area contributed by atoms with E-state index in [2.05, 4.69) is 13.8 Å². The molecular formula is C13H27NaO3. The molecule has 0 heterocycles. The van der Waals surface area contributed by atoms with Gasteiger partial charge in [-0.25, -0.2) is 0 Å². The van der Waals surface area contributed by atoms with Crippen molar-refractivity contribution in [2.24, 2.45) is 5.41 Å². The van der Waals surface area contributed by atoms with Gasteiger partial charge in [-0.05, 0) is 19.8 Å². The second kappa shape index (κ2) is 12.9. The van der Waals surface area contributed by atoms with Gasteiger partial charge in [0.05, 0.1) is 5.41 Å². The number of hydrogen-bond acceptors (Lipinski definition) is 2. The zero-order chi connectivity index (χ0) is 11.7. The van der Waals surface area contributed by atoms with E-state index in [1.807, 2.05) is 6.92 Å². The summed E-state index contributed by atoms with van der Waals surface area (Å²) in [5, 5.41) is 9.17. The molecule has 0 spiro atoms. The van der Waals surface area contributed by atoms with Crippen LogP contribution in [0, 0.1) is 5.41 Å². The number of carboxylic acids is 1. The molecule has 0 aliphatic rings. The van der Waals surface area contributed by atoms with Crippen LogP contribution in [0.5, 0.6) is 0 Å². The fourth-order valence-electron chi connectivity index (χ4n) is 2.01. The minimum Gasteiger partial charge on any atom is -0.870 e. The summed E-state index contributed by atoms with van der Waals surface area (Å²) in [4.78, 5) is 11.1. The second-order valence-electron chi connectivity index (χ2n) is 4.78. The number of rotatable bonds is 9. The molecule has 0 aromatic heterocycles. The molecule has 3 nitrogen and oxygen atoms in total. The molecule has 0 aliphatic heterocycles. The second-order valence-corrected chi connectivity index (χ2v) is 4.78. The summed E-state index contributed by atoms with van der Waals surface area (Å²) in [5.74, 6) is -0.625. The Morgan fingerprint density at radius 3 is 1.94 bits per heavy atom. The van der Waals surface area contributed by atoms with Gasteiger partial charge < -0.3 is 10.6 Å². The first kappa shape index (κ1) is 22.6. The van der Waals surface area contributed by atoms with Gasteiger partial charge in [-0.2, -0.15) is 0 Å². The molecule has 2 N–H and O–H groups in total. The van der Waals surface area contributed by atoms with E-state index in [0.717, 1.165) is 25.7 Å². The summed E-state index contributed by atoms with van der Waals surface area (Å²) in [6.07, 6.45) is 8.60. The van der Waals surface area contributed by atoms with E-state index in [4.69, 9.17) is 5.11 Å². The summed E-state index contributed by atoms with van der Waals surface area (Å²) in [5.41, 5.74) is -0.485. The van der Waals surface area contributed by atoms with Crippen LogP contribution in [0.4, 0.5) is 0 Å². The molecule has 0 rings (SSSR count). The van der Waals surface area contributed by atoms with E-state index in [1.54, 1.807) is 0 Å². The average molecular weight is 254 g/mol. The van der Waals surface area contributed by atoms with Crippen molar-refractivity contribution in [3.05, 3.63) is 0 Å². The molecule has 0 radical (unpaired) electrons. The summed E-state index contributed by atoms with van der Waals surface area (Å²) in [6, 6.07) is 0. The van der Waals surface area contributed by atoms with E-state index in [0.29, 0.717) is 0 Å². The maximum Gasteiger partial charge on any atom is 1.00 e. The Kier molecular flexibility index (Phi) is 17.1. The third-order valence-corrected chi connectivity index (χ3v) is 3.15. The van der Waals surface area contributed by atoms with Gasteiger partial charge in [0, 0.05) is 0 Å². The Morgan fingerprint density at radius 1 is 1.00 bits per heavy atom. The van der Waals surface area contributed by atoms with Crippen molar-refractivity contribution >= 4 is 5.97 Å². The van der Waals surface area contributed by atoms with Gasteiger partial charge in [-0.1, -0.05) is 52.4 Å². The quantitative estimate of drug-likeness (QED) is 0.494. The van der Waals surface area contributed by atoms with Gasteiger partial charge in [0.15, 0.2) is 0 Å². The van der Waals surface area contributed by atoms with Crippen molar-refractivity contribution in [1.29, 1.82) is 0 Å². The average Bonchev–Trinajstić information content (AvgIpc) is 2.18. The van der Waals surface area contributed by atoms with Gasteiger partial charge in [0.2, 0.25) is 0 Å². The van der Waals surface area contributed by atoms with Crippen molar-refractivity contribution in [3.63, 3.8) is 0 Å². The van der Waals surface area contributed by atoms with Crippen molar-refractivity contribution < 1.29 is 44.9 Å². The minimum atomic E-state index is -0.625. The van der Waals surface area contributed by atoms with Gasteiger partial charge in [-0.3, -0.25) is 4.79 Å².